The zero-order chi connectivity index (χ0) is 8.55. The molecule has 2 rings (SSSR count). The van der Waals surface area contributed by atoms with Crippen LogP contribution in [0.5, 0.6) is 5.75 Å². The predicted molar refractivity (Wildman–Crippen MR) is 50.5 cm³/mol. The van der Waals surface area contributed by atoms with Gasteiger partial charge in [0.2, 0.25) is 0 Å². The van der Waals surface area contributed by atoms with Crippen LogP contribution in [0.15, 0.2) is 16.7 Å². The number of ether oxygens (including phenoxy) is 1. The summed E-state index contributed by atoms with van der Waals surface area (Å²) in [6, 6.07) is 4.11. The van der Waals surface area contributed by atoms with Crippen molar-refractivity contribution in [3.8, 4) is 5.75 Å². The minimum Gasteiger partial charge on any atom is -0.488 e. The first kappa shape index (κ1) is 7.86. The van der Waals surface area contributed by atoms with Gasteiger partial charge in [-0.25, -0.2) is 4.98 Å². The smallest absolute Gasteiger partial charge is 0.170 e. The zero-order valence-corrected chi connectivity index (χ0v) is 8.26. The summed E-state index contributed by atoms with van der Waals surface area (Å²) in [5.74, 6) is 1.65. The topological polar surface area (TPSA) is 34.1 Å². The van der Waals surface area contributed by atoms with Crippen LogP contribution in [-0.4, -0.2) is 17.6 Å². The molecule has 1 aliphatic heterocycles. The monoisotopic (exact) mass is 228 g/mol. The molecule has 0 amide bonds. The van der Waals surface area contributed by atoms with E-state index in [2.05, 4.69) is 33.2 Å². The second-order valence-corrected chi connectivity index (χ2v) is 3.65. The van der Waals surface area contributed by atoms with Crippen molar-refractivity contribution in [1.29, 1.82) is 0 Å². The summed E-state index contributed by atoms with van der Waals surface area (Å²) < 4.78 is 6.27. The quantitative estimate of drug-likeness (QED) is 0.691. The van der Waals surface area contributed by atoms with Crippen molar-refractivity contribution in [2.75, 3.05) is 11.9 Å². The highest BCUT2D eigenvalue weighted by molar-refractivity contribution is 9.10. The van der Waals surface area contributed by atoms with Crippen LogP contribution in [0.3, 0.4) is 0 Å². The summed E-state index contributed by atoms with van der Waals surface area (Å²) in [7, 11) is 0. The van der Waals surface area contributed by atoms with E-state index in [1.807, 2.05) is 12.1 Å². The first-order valence-corrected chi connectivity index (χ1v) is 4.61. The van der Waals surface area contributed by atoms with Gasteiger partial charge in [0.1, 0.15) is 11.2 Å². The van der Waals surface area contributed by atoms with Gasteiger partial charge in [-0.3, -0.25) is 0 Å². The number of rotatable bonds is 0. The lowest BCUT2D eigenvalue weighted by Crippen LogP contribution is -2.28. The summed E-state index contributed by atoms with van der Waals surface area (Å²) in [6.45, 7) is 2.77. The maximum absolute atomic E-state index is 5.44. The SMILES string of the molecule is C[C@@H]1COc2ccc(Br)nc2N1. The molecule has 1 aliphatic rings. The standard InChI is InChI=1S/C8H9BrN2O/c1-5-4-12-6-2-3-7(9)11-8(6)10-5/h2-3,5H,4H2,1H3,(H,10,11)/t5-/m1/s1. The van der Waals surface area contributed by atoms with Gasteiger partial charge in [0.25, 0.3) is 0 Å². The second-order valence-electron chi connectivity index (χ2n) is 2.84. The molecule has 0 aliphatic carbocycles. The third kappa shape index (κ3) is 1.39. The maximum atomic E-state index is 5.44. The number of hydrogen-bond acceptors (Lipinski definition) is 3. The van der Waals surface area contributed by atoms with Gasteiger partial charge in [0.15, 0.2) is 11.6 Å². The molecule has 3 nitrogen and oxygen atoms in total. The fraction of sp³-hybridized carbons (Fsp3) is 0.375. The molecule has 1 atom stereocenters. The Morgan fingerprint density at radius 3 is 3.33 bits per heavy atom. The van der Waals surface area contributed by atoms with E-state index in [4.69, 9.17) is 4.74 Å². The van der Waals surface area contributed by atoms with Crippen LogP contribution >= 0.6 is 15.9 Å². The third-order valence-electron chi connectivity index (χ3n) is 1.70. The number of nitrogens with one attached hydrogen (secondary N) is 1. The van der Waals surface area contributed by atoms with E-state index in [0.29, 0.717) is 12.6 Å². The Labute approximate surface area is 79.3 Å². The van der Waals surface area contributed by atoms with Crippen LogP contribution in [0.25, 0.3) is 0 Å². The van der Waals surface area contributed by atoms with Gasteiger partial charge in [0, 0.05) is 0 Å². The number of hydrogen-bond donors (Lipinski definition) is 1. The highest BCUT2D eigenvalue weighted by atomic mass is 79.9. The normalized spacial score (nSPS) is 20.7. The van der Waals surface area contributed by atoms with Crippen LogP contribution in [0.2, 0.25) is 0 Å². The molecule has 4 heteroatoms. The van der Waals surface area contributed by atoms with Gasteiger partial charge in [-0.2, -0.15) is 0 Å². The lowest BCUT2D eigenvalue weighted by molar-refractivity contribution is 0.290. The van der Waals surface area contributed by atoms with E-state index < -0.39 is 0 Å². The molecule has 0 bridgehead atoms. The first-order valence-electron chi connectivity index (χ1n) is 3.81. The van der Waals surface area contributed by atoms with Gasteiger partial charge in [-0.1, -0.05) is 0 Å². The average molecular weight is 229 g/mol. The predicted octanol–water partition coefficient (Wildman–Crippen LogP) is 2.04. The fourth-order valence-electron chi connectivity index (χ4n) is 1.13. The molecule has 0 fully saturated rings. The van der Waals surface area contributed by atoms with Crippen LogP contribution < -0.4 is 10.1 Å². The van der Waals surface area contributed by atoms with Gasteiger partial charge < -0.3 is 10.1 Å². The molecule has 0 aromatic carbocycles. The van der Waals surface area contributed by atoms with Gasteiger partial charge in [-0.15, -0.1) is 0 Å². The van der Waals surface area contributed by atoms with Crippen molar-refractivity contribution in [3.63, 3.8) is 0 Å². The largest absolute Gasteiger partial charge is 0.488 e. The minimum absolute atomic E-state index is 0.333. The van der Waals surface area contributed by atoms with Crippen LogP contribution in [0.4, 0.5) is 5.82 Å². The summed E-state index contributed by atoms with van der Waals surface area (Å²) in [5.41, 5.74) is 0. The number of halogens is 1. The van der Waals surface area contributed by atoms with E-state index in [9.17, 15) is 0 Å². The molecule has 2 heterocycles. The highest BCUT2D eigenvalue weighted by Crippen LogP contribution is 2.27. The molecule has 0 spiro atoms. The van der Waals surface area contributed by atoms with E-state index >= 15 is 0 Å². The van der Waals surface area contributed by atoms with E-state index in [1.54, 1.807) is 0 Å². The van der Waals surface area contributed by atoms with Crippen molar-refractivity contribution >= 4 is 21.7 Å². The van der Waals surface area contributed by atoms with E-state index in [1.165, 1.54) is 0 Å². The van der Waals surface area contributed by atoms with Crippen LogP contribution in [0, 0.1) is 0 Å². The van der Waals surface area contributed by atoms with Crippen molar-refractivity contribution in [1.82, 2.24) is 4.98 Å². The van der Waals surface area contributed by atoms with E-state index in [-0.39, 0.29) is 0 Å². The number of anilines is 1. The molecule has 0 radical (unpaired) electrons. The molecule has 1 N–H and O–H groups in total. The Balaban J connectivity index is 2.37. The number of nitrogens with zero attached hydrogens (tertiary/aromatic N) is 1. The number of fused-ring (bicyclic) bond motifs is 1. The Kier molecular flexibility index (Phi) is 1.92. The lowest BCUT2D eigenvalue weighted by atomic mass is 10.3. The van der Waals surface area contributed by atoms with Gasteiger partial charge in [0.05, 0.1) is 6.04 Å². The molecule has 0 unspecified atom stereocenters. The average Bonchev–Trinajstić information content (AvgIpc) is 2.03. The summed E-state index contributed by atoms with van der Waals surface area (Å²) >= 11 is 3.30. The summed E-state index contributed by atoms with van der Waals surface area (Å²) in [5, 5.41) is 3.23. The van der Waals surface area contributed by atoms with Crippen molar-refractivity contribution in [2.24, 2.45) is 0 Å². The molecule has 12 heavy (non-hydrogen) atoms. The molecule has 1 aromatic heterocycles. The summed E-state index contributed by atoms with van der Waals surface area (Å²) in [6.07, 6.45) is 0. The van der Waals surface area contributed by atoms with E-state index in [0.717, 1.165) is 16.2 Å². The van der Waals surface area contributed by atoms with Crippen LogP contribution in [0.1, 0.15) is 6.92 Å². The Morgan fingerprint density at radius 1 is 1.67 bits per heavy atom. The minimum atomic E-state index is 0.333. The Bertz CT molecular complexity index is 303. The second kappa shape index (κ2) is 2.94. The Hall–Kier alpha value is -0.770. The highest BCUT2D eigenvalue weighted by Gasteiger charge is 2.15. The Morgan fingerprint density at radius 2 is 2.50 bits per heavy atom. The first-order chi connectivity index (χ1) is 5.75. The molecule has 0 saturated carbocycles. The van der Waals surface area contributed by atoms with Crippen LogP contribution in [-0.2, 0) is 0 Å². The van der Waals surface area contributed by atoms with Gasteiger partial charge in [-0.05, 0) is 35.0 Å². The fourth-order valence-corrected chi connectivity index (χ4v) is 1.44. The van der Waals surface area contributed by atoms with Gasteiger partial charge >= 0.3 is 0 Å². The molecule has 64 valence electrons. The third-order valence-corrected chi connectivity index (χ3v) is 2.14. The molecule has 0 saturated heterocycles. The molecule has 1 aromatic rings. The lowest BCUT2D eigenvalue weighted by Gasteiger charge is -2.23. The number of aromatic nitrogens is 1. The zero-order valence-electron chi connectivity index (χ0n) is 6.67. The molecular formula is C8H9BrN2O. The molecular weight excluding hydrogens is 220 g/mol. The van der Waals surface area contributed by atoms with Crippen molar-refractivity contribution in [2.45, 2.75) is 13.0 Å². The van der Waals surface area contributed by atoms with Crippen molar-refractivity contribution in [3.05, 3.63) is 16.7 Å². The van der Waals surface area contributed by atoms with Crippen molar-refractivity contribution < 1.29 is 4.74 Å². The number of pyridine rings is 1. The maximum Gasteiger partial charge on any atom is 0.170 e. The summed E-state index contributed by atoms with van der Waals surface area (Å²) in [4.78, 5) is 4.24.